The van der Waals surface area contributed by atoms with Crippen molar-refractivity contribution in [3.05, 3.63) is 51.0 Å². The fourth-order valence-electron chi connectivity index (χ4n) is 1.98. The summed E-state index contributed by atoms with van der Waals surface area (Å²) in [4.78, 5) is 39.4. The summed E-state index contributed by atoms with van der Waals surface area (Å²) in [5.41, 5.74) is 0.359. The Hall–Kier alpha value is -2.96. The zero-order valence-electron chi connectivity index (χ0n) is 11.5. The van der Waals surface area contributed by atoms with Crippen LogP contribution in [0.2, 0.25) is 0 Å². The van der Waals surface area contributed by atoms with Crippen molar-refractivity contribution >= 4 is 17.1 Å². The highest BCUT2D eigenvalue weighted by Gasteiger charge is 2.12. The molecule has 0 unspecified atom stereocenters. The number of nitrogens with zero attached hydrogens (tertiary/aromatic N) is 3. The van der Waals surface area contributed by atoms with E-state index in [1.807, 2.05) is 18.2 Å². The van der Waals surface area contributed by atoms with Crippen molar-refractivity contribution in [2.75, 3.05) is 19.0 Å². The van der Waals surface area contributed by atoms with Crippen LogP contribution < -0.4 is 16.0 Å². The van der Waals surface area contributed by atoms with Gasteiger partial charge in [-0.05, 0) is 0 Å². The minimum absolute atomic E-state index is 0.0743. The molecule has 3 rings (SSSR count). The molecular weight excluding hydrogens is 270 g/mol. The van der Waals surface area contributed by atoms with Crippen molar-refractivity contribution < 1.29 is 0 Å². The maximum Gasteiger partial charge on any atom is 0.278 e. The molecule has 2 aromatic heterocycles. The fraction of sp³-hybridized carbons (Fsp3) is 0.143. The summed E-state index contributed by atoms with van der Waals surface area (Å²) in [6.45, 7) is 0. The van der Waals surface area contributed by atoms with Crippen molar-refractivity contribution in [2.45, 2.75) is 0 Å². The van der Waals surface area contributed by atoms with Crippen molar-refractivity contribution in [3.63, 3.8) is 0 Å². The van der Waals surface area contributed by atoms with Crippen LogP contribution in [-0.2, 0) is 0 Å². The first-order valence-corrected chi connectivity index (χ1v) is 6.33. The number of hydrogen-bond acceptors (Lipinski definition) is 5. The van der Waals surface area contributed by atoms with Gasteiger partial charge < -0.3 is 9.88 Å². The molecule has 0 atom stereocenters. The molecule has 21 heavy (non-hydrogen) atoms. The van der Waals surface area contributed by atoms with Gasteiger partial charge in [-0.1, -0.05) is 30.3 Å². The van der Waals surface area contributed by atoms with Gasteiger partial charge in [0.2, 0.25) is 5.95 Å². The lowest BCUT2D eigenvalue weighted by Crippen LogP contribution is -2.23. The van der Waals surface area contributed by atoms with Crippen LogP contribution >= 0.6 is 0 Å². The maximum atomic E-state index is 12.1. The van der Waals surface area contributed by atoms with Gasteiger partial charge in [0, 0.05) is 19.7 Å². The van der Waals surface area contributed by atoms with Gasteiger partial charge >= 0.3 is 0 Å². The molecule has 0 amide bonds. The largest absolute Gasteiger partial charge is 0.348 e. The predicted molar refractivity (Wildman–Crippen MR) is 80.5 cm³/mol. The van der Waals surface area contributed by atoms with Crippen molar-refractivity contribution in [3.8, 4) is 11.3 Å². The first-order valence-electron chi connectivity index (χ1n) is 6.33. The number of H-pyrrole nitrogens is 2. The minimum atomic E-state index is -0.423. The molecule has 3 aromatic rings. The molecule has 0 aliphatic heterocycles. The highest BCUT2D eigenvalue weighted by molar-refractivity contribution is 5.73. The molecule has 0 saturated carbocycles. The molecule has 106 valence electrons. The summed E-state index contributed by atoms with van der Waals surface area (Å²) in [7, 11) is 3.52. The van der Waals surface area contributed by atoms with Crippen molar-refractivity contribution in [1.29, 1.82) is 0 Å². The van der Waals surface area contributed by atoms with Gasteiger partial charge in [-0.15, -0.1) is 0 Å². The van der Waals surface area contributed by atoms with E-state index in [9.17, 15) is 9.59 Å². The Balaban J connectivity index is 2.32. The van der Waals surface area contributed by atoms with Gasteiger partial charge in [-0.2, -0.15) is 4.98 Å². The van der Waals surface area contributed by atoms with Gasteiger partial charge in [0.15, 0.2) is 11.2 Å². The molecule has 0 saturated heterocycles. The fourth-order valence-corrected chi connectivity index (χ4v) is 1.98. The Bertz CT molecular complexity index is 912. The van der Waals surface area contributed by atoms with Gasteiger partial charge in [-0.25, -0.2) is 4.98 Å². The standard InChI is InChI=1S/C14H13N5O2/c1-19(2)14-17-11-10(13(21)18-14)16-12(20)9(15-11)8-6-4-3-5-7-8/h3-7H,1-2H3,(H,16,20)(H,15,17,18,21). The van der Waals surface area contributed by atoms with E-state index in [-0.39, 0.29) is 16.9 Å². The molecule has 2 N–H and O–H groups in total. The quantitative estimate of drug-likeness (QED) is 0.723. The molecule has 0 aliphatic rings. The number of fused-ring (bicyclic) bond motifs is 1. The van der Waals surface area contributed by atoms with Gasteiger partial charge in [0.1, 0.15) is 5.69 Å². The summed E-state index contributed by atoms with van der Waals surface area (Å²) in [6, 6.07) is 9.05. The number of nitrogens with one attached hydrogen (secondary N) is 2. The summed E-state index contributed by atoms with van der Waals surface area (Å²) < 4.78 is 0. The third-order valence-electron chi connectivity index (χ3n) is 3.03. The highest BCUT2D eigenvalue weighted by Crippen LogP contribution is 2.13. The van der Waals surface area contributed by atoms with Crippen LogP contribution in [0, 0.1) is 0 Å². The van der Waals surface area contributed by atoms with E-state index in [4.69, 9.17) is 0 Å². The summed E-state index contributed by atoms with van der Waals surface area (Å²) >= 11 is 0. The second kappa shape index (κ2) is 4.86. The summed E-state index contributed by atoms with van der Waals surface area (Å²) in [5, 5.41) is 0. The summed E-state index contributed by atoms with van der Waals surface area (Å²) in [5.74, 6) is 0.381. The van der Waals surface area contributed by atoms with Crippen LogP contribution in [0.25, 0.3) is 22.4 Å². The second-order valence-electron chi connectivity index (χ2n) is 4.76. The van der Waals surface area contributed by atoms with Crippen LogP contribution in [0.5, 0.6) is 0 Å². The SMILES string of the molecule is CN(C)c1nc2nc(-c3ccccc3)c(=O)[nH]c2c(=O)[nH]1. The van der Waals surface area contributed by atoms with Crippen LogP contribution in [0.3, 0.4) is 0 Å². The average Bonchev–Trinajstić information content (AvgIpc) is 2.48. The lowest BCUT2D eigenvalue weighted by atomic mass is 10.1. The minimum Gasteiger partial charge on any atom is -0.348 e. The molecule has 2 heterocycles. The van der Waals surface area contributed by atoms with E-state index in [0.717, 1.165) is 0 Å². The van der Waals surface area contributed by atoms with E-state index in [2.05, 4.69) is 19.9 Å². The lowest BCUT2D eigenvalue weighted by Gasteiger charge is -2.10. The Kier molecular flexibility index (Phi) is 3.02. The number of anilines is 1. The zero-order chi connectivity index (χ0) is 15.0. The molecule has 0 spiro atoms. The molecule has 7 nitrogen and oxygen atoms in total. The molecule has 7 heteroatoms. The maximum absolute atomic E-state index is 12.1. The normalized spacial score (nSPS) is 10.8. The zero-order valence-corrected chi connectivity index (χ0v) is 11.5. The third-order valence-corrected chi connectivity index (χ3v) is 3.03. The predicted octanol–water partition coefficient (Wildman–Crippen LogP) is 0.739. The number of hydrogen-bond donors (Lipinski definition) is 2. The smallest absolute Gasteiger partial charge is 0.278 e. The van der Waals surface area contributed by atoms with Crippen LogP contribution in [-0.4, -0.2) is 34.0 Å². The molecule has 0 radical (unpaired) electrons. The van der Waals surface area contributed by atoms with Gasteiger partial charge in [-0.3, -0.25) is 14.6 Å². The molecule has 0 fully saturated rings. The topological polar surface area (TPSA) is 94.7 Å². The number of rotatable bonds is 2. The average molecular weight is 283 g/mol. The summed E-state index contributed by atoms with van der Waals surface area (Å²) in [6.07, 6.45) is 0. The van der Waals surface area contributed by atoms with Gasteiger partial charge in [0.25, 0.3) is 11.1 Å². The van der Waals surface area contributed by atoms with Crippen LogP contribution in [0.1, 0.15) is 0 Å². The number of aromatic amines is 2. The van der Waals surface area contributed by atoms with E-state index in [1.165, 1.54) is 0 Å². The monoisotopic (exact) mass is 283 g/mol. The second-order valence-corrected chi connectivity index (χ2v) is 4.76. The lowest BCUT2D eigenvalue weighted by molar-refractivity contribution is 0.985. The van der Waals surface area contributed by atoms with Crippen molar-refractivity contribution in [2.24, 2.45) is 0 Å². The highest BCUT2D eigenvalue weighted by atomic mass is 16.1. The Labute approximate surface area is 119 Å². The van der Waals surface area contributed by atoms with Crippen LogP contribution in [0.15, 0.2) is 39.9 Å². The van der Waals surface area contributed by atoms with Crippen molar-refractivity contribution in [1.82, 2.24) is 19.9 Å². The number of aromatic nitrogens is 4. The van der Waals surface area contributed by atoms with E-state index < -0.39 is 11.1 Å². The van der Waals surface area contributed by atoms with E-state index in [1.54, 1.807) is 31.1 Å². The Morgan fingerprint density at radius 1 is 0.952 bits per heavy atom. The third kappa shape index (κ3) is 2.29. The van der Waals surface area contributed by atoms with E-state index in [0.29, 0.717) is 11.5 Å². The van der Waals surface area contributed by atoms with E-state index >= 15 is 0 Å². The molecule has 0 bridgehead atoms. The Morgan fingerprint density at radius 2 is 1.67 bits per heavy atom. The first kappa shape index (κ1) is 13.0. The molecule has 0 aliphatic carbocycles. The Morgan fingerprint density at radius 3 is 2.33 bits per heavy atom. The molecular formula is C14H13N5O2. The van der Waals surface area contributed by atoms with Gasteiger partial charge in [0.05, 0.1) is 0 Å². The van der Waals surface area contributed by atoms with Crippen LogP contribution in [0.4, 0.5) is 5.95 Å². The molecule has 1 aromatic carbocycles. The number of benzene rings is 1. The first-order chi connectivity index (χ1) is 10.1.